The molecule has 19 heavy (non-hydrogen) atoms. The lowest BCUT2D eigenvalue weighted by Gasteiger charge is -2.23. The number of rotatable bonds is 2. The maximum absolute atomic E-state index is 11.8. The van der Waals surface area contributed by atoms with Gasteiger partial charge in [0, 0.05) is 6.42 Å². The number of hydrogen-bond donors (Lipinski definition) is 2. The van der Waals surface area contributed by atoms with Gasteiger partial charge in [0.25, 0.3) is 5.56 Å². The van der Waals surface area contributed by atoms with E-state index in [-0.39, 0.29) is 18.3 Å². The molecule has 0 fully saturated rings. The predicted octanol–water partition coefficient (Wildman–Crippen LogP) is 1.64. The predicted molar refractivity (Wildman–Crippen MR) is 65.6 cm³/mol. The molecule has 1 aliphatic heterocycles. The molecular formula is C13H13NO5. The minimum absolute atomic E-state index is 0.130. The molecule has 1 aromatic heterocycles. The monoisotopic (exact) mass is 263 g/mol. The maximum atomic E-state index is 11.8. The van der Waals surface area contributed by atoms with Crippen molar-refractivity contribution >= 4 is 11.7 Å². The van der Waals surface area contributed by atoms with Gasteiger partial charge in [-0.15, -0.1) is 0 Å². The number of aromatic amines is 1. The van der Waals surface area contributed by atoms with Crippen molar-refractivity contribution in [3.8, 4) is 0 Å². The average Bonchev–Trinajstić information content (AvgIpc) is 2.84. The van der Waals surface area contributed by atoms with E-state index in [9.17, 15) is 9.59 Å². The van der Waals surface area contributed by atoms with E-state index in [0.29, 0.717) is 17.9 Å². The first-order valence-electron chi connectivity index (χ1n) is 6.11. The van der Waals surface area contributed by atoms with Gasteiger partial charge in [0.05, 0.1) is 5.69 Å². The van der Waals surface area contributed by atoms with Gasteiger partial charge < -0.3 is 19.6 Å². The minimum atomic E-state index is -1.22. The summed E-state index contributed by atoms with van der Waals surface area (Å²) in [6.07, 6.45) is 1.50. The van der Waals surface area contributed by atoms with Crippen LogP contribution in [0.5, 0.6) is 0 Å². The van der Waals surface area contributed by atoms with Crippen LogP contribution in [0.2, 0.25) is 0 Å². The molecular weight excluding hydrogens is 250 g/mol. The molecule has 0 aromatic carbocycles. The SMILES string of the molecule is CCC1CC2=C(OCO2)c2[nH]c(=O)c(C(=O)O)cc21. The standard InChI is InChI=1S/C13H13NO5/c1-2-6-3-9-11(19-5-18-9)10-7(6)4-8(13(16)17)12(15)14-10/h4,6H,2-3,5H2,1H3,(H,14,15)(H,16,17). The summed E-state index contributed by atoms with van der Waals surface area (Å²) in [7, 11) is 0. The Hall–Kier alpha value is -2.24. The highest BCUT2D eigenvalue weighted by molar-refractivity contribution is 5.88. The molecule has 2 N–H and O–H groups in total. The number of allylic oxidation sites excluding steroid dienone is 1. The minimum Gasteiger partial charge on any atom is -0.477 e. The summed E-state index contributed by atoms with van der Waals surface area (Å²) >= 11 is 0. The van der Waals surface area contributed by atoms with Gasteiger partial charge in [0.2, 0.25) is 6.79 Å². The van der Waals surface area contributed by atoms with Crippen LogP contribution < -0.4 is 5.56 Å². The molecule has 1 aromatic rings. The van der Waals surface area contributed by atoms with Crippen molar-refractivity contribution in [2.24, 2.45) is 0 Å². The largest absolute Gasteiger partial charge is 0.477 e. The molecule has 6 nitrogen and oxygen atoms in total. The summed E-state index contributed by atoms with van der Waals surface area (Å²) in [5.41, 5.74) is 0.509. The van der Waals surface area contributed by atoms with E-state index in [2.05, 4.69) is 4.98 Å². The number of H-pyrrole nitrogens is 1. The normalized spacial score (nSPS) is 20.4. The number of nitrogens with one attached hydrogen (secondary N) is 1. The first-order valence-corrected chi connectivity index (χ1v) is 6.11. The molecule has 2 heterocycles. The summed E-state index contributed by atoms with van der Waals surface area (Å²) in [6, 6.07) is 1.45. The van der Waals surface area contributed by atoms with Gasteiger partial charge >= 0.3 is 5.97 Å². The van der Waals surface area contributed by atoms with Crippen LogP contribution in [0.3, 0.4) is 0 Å². The van der Waals surface area contributed by atoms with E-state index in [1.807, 2.05) is 6.92 Å². The average molecular weight is 263 g/mol. The van der Waals surface area contributed by atoms with Crippen molar-refractivity contribution < 1.29 is 19.4 Å². The number of fused-ring (bicyclic) bond motifs is 2. The number of pyridine rings is 1. The Balaban J connectivity index is 2.23. The lowest BCUT2D eigenvalue weighted by Crippen LogP contribution is -2.23. The molecule has 1 atom stereocenters. The molecule has 100 valence electrons. The van der Waals surface area contributed by atoms with Gasteiger partial charge in [0.15, 0.2) is 5.76 Å². The smallest absolute Gasteiger partial charge is 0.341 e. The van der Waals surface area contributed by atoms with Crippen molar-refractivity contribution in [2.45, 2.75) is 25.7 Å². The van der Waals surface area contributed by atoms with Crippen molar-refractivity contribution in [2.75, 3.05) is 6.79 Å². The van der Waals surface area contributed by atoms with Gasteiger partial charge in [-0.3, -0.25) is 4.79 Å². The van der Waals surface area contributed by atoms with E-state index >= 15 is 0 Å². The summed E-state index contributed by atoms with van der Waals surface area (Å²) in [6.45, 7) is 2.16. The number of aromatic nitrogens is 1. The highest BCUT2D eigenvalue weighted by atomic mass is 16.7. The van der Waals surface area contributed by atoms with E-state index in [4.69, 9.17) is 14.6 Å². The van der Waals surface area contributed by atoms with Crippen LogP contribution in [-0.2, 0) is 9.47 Å². The van der Waals surface area contributed by atoms with Gasteiger partial charge in [-0.2, -0.15) is 0 Å². The van der Waals surface area contributed by atoms with Crippen molar-refractivity contribution in [3.05, 3.63) is 39.0 Å². The van der Waals surface area contributed by atoms with Crippen LogP contribution in [0, 0.1) is 0 Å². The second-order valence-corrected chi connectivity index (χ2v) is 4.62. The van der Waals surface area contributed by atoms with Crippen LogP contribution in [0.1, 0.15) is 47.3 Å². The number of ether oxygens (including phenoxy) is 2. The molecule has 2 aliphatic rings. The third kappa shape index (κ3) is 1.71. The van der Waals surface area contributed by atoms with E-state index < -0.39 is 11.5 Å². The second kappa shape index (κ2) is 4.15. The topological polar surface area (TPSA) is 88.6 Å². The van der Waals surface area contributed by atoms with Crippen LogP contribution in [0.15, 0.2) is 16.6 Å². The lowest BCUT2D eigenvalue weighted by molar-refractivity contribution is 0.0694. The Labute approximate surface area is 108 Å². The fourth-order valence-electron chi connectivity index (χ4n) is 2.58. The second-order valence-electron chi connectivity index (χ2n) is 4.62. The van der Waals surface area contributed by atoms with Crippen LogP contribution in [-0.4, -0.2) is 22.9 Å². The van der Waals surface area contributed by atoms with E-state index in [1.165, 1.54) is 6.07 Å². The maximum Gasteiger partial charge on any atom is 0.341 e. The summed E-state index contributed by atoms with van der Waals surface area (Å²) in [5.74, 6) is 0.180. The number of carbonyl (C=O) groups is 1. The molecule has 0 saturated heterocycles. The number of hydrogen-bond acceptors (Lipinski definition) is 4. The van der Waals surface area contributed by atoms with Crippen molar-refractivity contribution in [1.82, 2.24) is 4.98 Å². The molecule has 0 spiro atoms. The Morgan fingerprint density at radius 2 is 2.32 bits per heavy atom. The van der Waals surface area contributed by atoms with Gasteiger partial charge in [0.1, 0.15) is 11.3 Å². The molecule has 6 heteroatoms. The van der Waals surface area contributed by atoms with Gasteiger partial charge in [-0.25, -0.2) is 4.79 Å². The summed E-state index contributed by atoms with van der Waals surface area (Å²) < 4.78 is 10.8. The van der Waals surface area contributed by atoms with Crippen molar-refractivity contribution in [3.63, 3.8) is 0 Å². The van der Waals surface area contributed by atoms with E-state index in [0.717, 1.165) is 17.7 Å². The number of aromatic carboxylic acids is 1. The van der Waals surface area contributed by atoms with Gasteiger partial charge in [-0.1, -0.05) is 6.92 Å². The Bertz CT molecular complexity index is 643. The molecule has 3 rings (SSSR count). The first kappa shape index (κ1) is 11.8. The Morgan fingerprint density at radius 3 is 3.00 bits per heavy atom. The molecule has 1 aliphatic carbocycles. The molecule has 0 bridgehead atoms. The molecule has 1 unspecified atom stereocenters. The number of carboxylic acids is 1. The summed E-state index contributed by atoms with van der Waals surface area (Å²) in [4.78, 5) is 25.4. The highest BCUT2D eigenvalue weighted by Gasteiger charge is 2.33. The quantitative estimate of drug-likeness (QED) is 0.846. The third-order valence-corrected chi connectivity index (χ3v) is 3.58. The van der Waals surface area contributed by atoms with E-state index in [1.54, 1.807) is 0 Å². The Morgan fingerprint density at radius 1 is 1.53 bits per heavy atom. The molecule has 0 amide bonds. The highest BCUT2D eigenvalue weighted by Crippen LogP contribution is 2.42. The number of carboxylic acid groups (broad SMARTS) is 1. The molecule has 0 saturated carbocycles. The third-order valence-electron chi connectivity index (χ3n) is 3.58. The zero-order valence-electron chi connectivity index (χ0n) is 10.4. The van der Waals surface area contributed by atoms with Crippen molar-refractivity contribution in [1.29, 1.82) is 0 Å². The van der Waals surface area contributed by atoms with Crippen LogP contribution in [0.4, 0.5) is 0 Å². The fourth-order valence-corrected chi connectivity index (χ4v) is 2.58. The molecule has 0 radical (unpaired) electrons. The van der Waals surface area contributed by atoms with Crippen LogP contribution >= 0.6 is 0 Å². The zero-order valence-corrected chi connectivity index (χ0v) is 10.4. The first-order chi connectivity index (χ1) is 9.11. The zero-order chi connectivity index (χ0) is 13.6. The summed E-state index contributed by atoms with van der Waals surface area (Å²) in [5, 5.41) is 9.03. The van der Waals surface area contributed by atoms with Gasteiger partial charge in [-0.05, 0) is 24.0 Å². The lowest BCUT2D eigenvalue weighted by atomic mass is 9.85. The fraction of sp³-hybridized carbons (Fsp3) is 0.385. The van der Waals surface area contributed by atoms with Crippen LogP contribution in [0.25, 0.3) is 5.76 Å². The Kier molecular flexibility index (Phi) is 2.58.